The van der Waals surface area contributed by atoms with Gasteiger partial charge in [0.15, 0.2) is 0 Å². The third-order valence-electron chi connectivity index (χ3n) is 4.61. The monoisotopic (exact) mass is 423 g/mol. The van der Waals surface area contributed by atoms with E-state index in [1.807, 2.05) is 18.2 Å². The summed E-state index contributed by atoms with van der Waals surface area (Å²) in [5.74, 6) is 0. The zero-order chi connectivity index (χ0) is 20.6. The molecule has 0 fully saturated rings. The highest BCUT2D eigenvalue weighted by molar-refractivity contribution is 7.72. The first kappa shape index (κ1) is 24.5. The first-order valence-electron chi connectivity index (χ1n) is 9.03. The molecular formula is C17H31NO7P2. The molecule has 0 saturated carbocycles. The van der Waals surface area contributed by atoms with Gasteiger partial charge in [-0.05, 0) is 38.4 Å². The Morgan fingerprint density at radius 2 is 1.37 bits per heavy atom. The fourth-order valence-corrected chi connectivity index (χ4v) is 4.94. The van der Waals surface area contributed by atoms with Crippen LogP contribution in [-0.4, -0.2) is 54.8 Å². The smallest absolute Gasteiger partial charge is 0.367 e. The third-order valence-corrected chi connectivity index (χ3v) is 8.49. The highest BCUT2D eigenvalue weighted by atomic mass is 31.2. The van der Waals surface area contributed by atoms with Crippen LogP contribution in [0.1, 0.15) is 44.1 Å². The number of hydrogen-bond acceptors (Lipinski definition) is 4. The zero-order valence-electron chi connectivity index (χ0n) is 15.6. The van der Waals surface area contributed by atoms with E-state index in [1.165, 1.54) is 5.56 Å². The molecule has 0 aliphatic heterocycles. The van der Waals surface area contributed by atoms with Gasteiger partial charge < -0.3 is 29.6 Å². The Labute approximate surface area is 160 Å². The van der Waals surface area contributed by atoms with Gasteiger partial charge >= 0.3 is 15.2 Å². The third kappa shape index (κ3) is 8.14. The van der Waals surface area contributed by atoms with Crippen LogP contribution in [0.5, 0.6) is 0 Å². The molecule has 1 rings (SSSR count). The average molecular weight is 423 g/mol. The van der Waals surface area contributed by atoms with Crippen LogP contribution in [0.15, 0.2) is 30.3 Å². The molecule has 1 aromatic rings. The summed E-state index contributed by atoms with van der Waals surface area (Å²) in [7, 11) is -9.05. The van der Waals surface area contributed by atoms with Crippen molar-refractivity contribution in [1.82, 2.24) is 4.90 Å². The second-order valence-electron chi connectivity index (χ2n) is 6.92. The van der Waals surface area contributed by atoms with Crippen LogP contribution in [0.3, 0.4) is 0 Å². The van der Waals surface area contributed by atoms with E-state index in [2.05, 4.69) is 12.1 Å². The van der Waals surface area contributed by atoms with Gasteiger partial charge in [0.1, 0.15) is 0 Å². The summed E-state index contributed by atoms with van der Waals surface area (Å²) in [4.78, 5) is 38.2. The molecule has 8 nitrogen and oxygen atoms in total. The molecule has 0 atom stereocenters. The van der Waals surface area contributed by atoms with Crippen LogP contribution in [0, 0.1) is 0 Å². The van der Waals surface area contributed by atoms with Gasteiger partial charge in [0.2, 0.25) is 0 Å². The number of benzene rings is 1. The standard InChI is InChI=1S/C17H31NO7P2/c1-18(15-13-17(19,26(20,21)22)27(23,24)25)14-9-4-2-3-6-10-16-11-7-5-8-12-16/h5,7-8,11-12,19H,2-4,6,9-10,13-15H2,1H3,(H2,20,21,22)(H2,23,24,25). The first-order valence-corrected chi connectivity index (χ1v) is 12.3. The average Bonchev–Trinajstić information content (AvgIpc) is 2.57. The van der Waals surface area contributed by atoms with Crippen LogP contribution in [-0.2, 0) is 15.6 Å². The topological polar surface area (TPSA) is 139 Å². The molecule has 0 aromatic heterocycles. The van der Waals surface area contributed by atoms with Crippen LogP contribution in [0.25, 0.3) is 0 Å². The van der Waals surface area contributed by atoms with Crippen LogP contribution >= 0.6 is 15.2 Å². The Morgan fingerprint density at radius 1 is 0.852 bits per heavy atom. The van der Waals surface area contributed by atoms with Crippen molar-refractivity contribution in [2.24, 2.45) is 0 Å². The van der Waals surface area contributed by atoms with Gasteiger partial charge in [-0.25, -0.2) is 0 Å². The number of rotatable bonds is 13. The van der Waals surface area contributed by atoms with Gasteiger partial charge in [0.05, 0.1) is 0 Å². The number of unbranched alkanes of at least 4 members (excludes halogenated alkanes) is 4. The Kier molecular flexibility index (Phi) is 9.83. The number of hydrogen-bond donors (Lipinski definition) is 5. The first-order chi connectivity index (χ1) is 12.5. The van der Waals surface area contributed by atoms with Crippen molar-refractivity contribution in [2.75, 3.05) is 20.1 Å². The summed E-state index contributed by atoms with van der Waals surface area (Å²) in [5, 5.41) is 6.52. The van der Waals surface area contributed by atoms with E-state index in [1.54, 1.807) is 11.9 Å². The molecule has 5 N–H and O–H groups in total. The highest BCUT2D eigenvalue weighted by Crippen LogP contribution is 2.68. The SMILES string of the molecule is CN(CCCCCCCc1ccccc1)CCC(O)(P(=O)(O)O)P(=O)(O)O. The van der Waals surface area contributed by atoms with Crippen molar-refractivity contribution in [3.05, 3.63) is 35.9 Å². The zero-order valence-corrected chi connectivity index (χ0v) is 17.4. The molecule has 0 heterocycles. The van der Waals surface area contributed by atoms with E-state index in [0.717, 1.165) is 38.5 Å². The van der Waals surface area contributed by atoms with Gasteiger partial charge in [-0.3, -0.25) is 9.13 Å². The van der Waals surface area contributed by atoms with Crippen molar-refractivity contribution in [2.45, 2.75) is 50.0 Å². The molecule has 0 amide bonds. The summed E-state index contributed by atoms with van der Waals surface area (Å²) >= 11 is 0. The molecule has 0 aliphatic carbocycles. The molecule has 1 aromatic carbocycles. The normalized spacial score (nSPS) is 13.3. The molecule has 0 radical (unpaired) electrons. The maximum Gasteiger partial charge on any atom is 0.369 e. The largest absolute Gasteiger partial charge is 0.369 e. The summed E-state index contributed by atoms with van der Waals surface area (Å²) < 4.78 is 22.6. The minimum absolute atomic E-state index is 0.0271. The predicted molar refractivity (Wildman–Crippen MR) is 104 cm³/mol. The van der Waals surface area contributed by atoms with E-state index < -0.39 is 26.7 Å². The summed E-state index contributed by atoms with van der Waals surface area (Å²) in [6, 6.07) is 10.3. The van der Waals surface area contributed by atoms with Crippen LogP contribution in [0.2, 0.25) is 0 Å². The van der Waals surface area contributed by atoms with Crippen molar-refractivity contribution in [1.29, 1.82) is 0 Å². The van der Waals surface area contributed by atoms with E-state index in [9.17, 15) is 14.2 Å². The van der Waals surface area contributed by atoms with Crippen LogP contribution in [0.4, 0.5) is 0 Å². The molecule has 27 heavy (non-hydrogen) atoms. The van der Waals surface area contributed by atoms with Gasteiger partial charge in [-0.15, -0.1) is 0 Å². The summed E-state index contributed by atoms with van der Waals surface area (Å²) in [5.41, 5.74) is 1.33. The second-order valence-corrected chi connectivity index (χ2v) is 10.9. The number of nitrogens with zero attached hydrogens (tertiary/aromatic N) is 1. The van der Waals surface area contributed by atoms with Gasteiger partial charge in [-0.2, -0.15) is 0 Å². The highest BCUT2D eigenvalue weighted by Gasteiger charge is 2.58. The quantitative estimate of drug-likeness (QED) is 0.241. The van der Waals surface area contributed by atoms with E-state index in [4.69, 9.17) is 19.6 Å². The lowest BCUT2D eigenvalue weighted by Gasteiger charge is -2.30. The Morgan fingerprint density at radius 3 is 1.93 bits per heavy atom. The lowest BCUT2D eigenvalue weighted by molar-refractivity contribution is 0.112. The van der Waals surface area contributed by atoms with Crippen molar-refractivity contribution < 1.29 is 33.8 Å². The lowest BCUT2D eigenvalue weighted by atomic mass is 10.1. The molecule has 0 saturated heterocycles. The second kappa shape index (κ2) is 10.8. The van der Waals surface area contributed by atoms with E-state index >= 15 is 0 Å². The minimum atomic E-state index is -5.37. The van der Waals surface area contributed by atoms with Gasteiger partial charge in [0, 0.05) is 13.0 Å². The molecule has 0 bridgehead atoms. The lowest BCUT2D eigenvalue weighted by Crippen LogP contribution is -2.34. The summed E-state index contributed by atoms with van der Waals surface area (Å²) in [6.07, 6.45) is 5.55. The molecule has 0 aliphatic rings. The fraction of sp³-hybridized carbons (Fsp3) is 0.647. The van der Waals surface area contributed by atoms with Crippen molar-refractivity contribution in [3.63, 3.8) is 0 Å². The maximum absolute atomic E-state index is 11.3. The maximum atomic E-state index is 11.3. The number of aliphatic hydroxyl groups is 1. The van der Waals surface area contributed by atoms with E-state index in [-0.39, 0.29) is 6.54 Å². The minimum Gasteiger partial charge on any atom is -0.367 e. The summed E-state index contributed by atoms with van der Waals surface area (Å²) in [6.45, 7) is 0.595. The molecule has 156 valence electrons. The molecular weight excluding hydrogens is 392 g/mol. The fourth-order valence-electron chi connectivity index (χ4n) is 2.80. The Hall–Kier alpha value is -0.560. The predicted octanol–water partition coefficient (Wildman–Crippen LogP) is 2.50. The van der Waals surface area contributed by atoms with Crippen molar-refractivity contribution >= 4 is 15.2 Å². The molecule has 0 unspecified atom stereocenters. The number of aryl methyl sites for hydroxylation is 1. The van der Waals surface area contributed by atoms with Gasteiger partial charge in [0.25, 0.3) is 5.08 Å². The Balaban J connectivity index is 2.22. The molecule has 10 heteroatoms. The van der Waals surface area contributed by atoms with E-state index in [0.29, 0.717) is 6.54 Å². The Bertz CT molecular complexity index is 622. The molecule has 0 spiro atoms. The van der Waals surface area contributed by atoms with Crippen LogP contribution < -0.4 is 0 Å². The van der Waals surface area contributed by atoms with Crippen molar-refractivity contribution in [3.8, 4) is 0 Å². The van der Waals surface area contributed by atoms with Gasteiger partial charge in [-0.1, -0.05) is 49.6 Å².